The molecule has 672 valence electrons. The maximum atomic E-state index is 13.8. The van der Waals surface area contributed by atoms with E-state index in [-0.39, 0.29) is 139 Å². The molecule has 21 atom stereocenters. The van der Waals surface area contributed by atoms with Crippen molar-refractivity contribution in [3.63, 3.8) is 0 Å². The van der Waals surface area contributed by atoms with Gasteiger partial charge in [0.2, 0.25) is 0 Å². The number of nitrogens with zero attached hydrogens (tertiary/aromatic N) is 3. The molecule has 12 aliphatic rings. The van der Waals surface area contributed by atoms with Crippen LogP contribution < -0.4 is 0 Å². The van der Waals surface area contributed by atoms with Gasteiger partial charge >= 0.3 is 0 Å². The van der Waals surface area contributed by atoms with E-state index in [0.717, 1.165) is 173 Å². The predicted molar refractivity (Wildman–Crippen MR) is 500 cm³/mol. The molecule has 18 rings (SSSR count). The summed E-state index contributed by atoms with van der Waals surface area (Å²) in [6, 6.07) is 17.7. The van der Waals surface area contributed by atoms with Crippen LogP contribution in [0.25, 0.3) is 30.6 Å². The number of benzene rings is 3. The molecule has 6 N–H and O–H groups in total. The van der Waals surface area contributed by atoms with Crippen molar-refractivity contribution in [1.82, 2.24) is 15.0 Å². The first kappa shape index (κ1) is 92.9. The molecule has 0 saturated heterocycles. The molecule has 9 saturated carbocycles. The number of rotatable bonds is 27. The SMILES string of the molecule is CC(=O)Cc1ccc2nc(SCC(=O)[C@@]3(O)CCC4C5CCC6=CC(=O)C=CC6(C)C5[C@@H](O)CC43C)sc2c1.CCCCCC(=O)Cc1ccc2nc(SCC(=O)[C@@]3(O)CCC4C5CCC6=CC(=O)C=CC6(C)C5[C@@H](O)CC43C)sc2c1.CCCCCCC(=O)Cc1ccc2nc(SCC(=O)[C@@]3(O)CCC4C5CCC6=CC(=O)C=CC6(C)C5[C@@H](O)CC43C)sc2c1. The molecule has 9 fully saturated rings. The Bertz CT molecular complexity index is 5540. The average molecular weight is 1820 g/mol. The van der Waals surface area contributed by atoms with Crippen LogP contribution in [0.1, 0.15) is 233 Å². The van der Waals surface area contributed by atoms with E-state index in [1.54, 1.807) is 43.4 Å². The highest BCUT2D eigenvalue weighted by molar-refractivity contribution is 8.02. The average Bonchev–Trinajstić information content (AvgIpc) is 1.49. The van der Waals surface area contributed by atoms with Gasteiger partial charge in [-0.15, -0.1) is 34.0 Å². The van der Waals surface area contributed by atoms with Gasteiger partial charge in [0.1, 0.15) is 34.2 Å². The second kappa shape index (κ2) is 36.3. The van der Waals surface area contributed by atoms with Crippen molar-refractivity contribution in [2.45, 2.75) is 284 Å². The van der Waals surface area contributed by atoms with E-state index in [9.17, 15) is 73.8 Å². The number of aliphatic hydroxyl groups is 6. The van der Waals surface area contributed by atoms with Crippen LogP contribution in [0.15, 0.2) is 139 Å². The number of hydrogen-bond acceptors (Lipinski definition) is 24. The summed E-state index contributed by atoms with van der Waals surface area (Å²) < 4.78 is 5.31. The second-order valence-corrected chi connectivity index (χ2v) is 47.1. The van der Waals surface area contributed by atoms with Crippen molar-refractivity contribution < 1.29 is 73.8 Å². The van der Waals surface area contributed by atoms with Crippen LogP contribution in [-0.2, 0) is 62.4 Å². The minimum Gasteiger partial charge on any atom is -0.393 e. The fourth-order valence-corrected chi connectivity index (χ4v) is 33.0. The van der Waals surface area contributed by atoms with Crippen molar-refractivity contribution in [2.75, 3.05) is 17.3 Å². The van der Waals surface area contributed by atoms with Crippen LogP contribution in [0.3, 0.4) is 0 Å². The molecule has 0 bridgehead atoms. The molecule has 6 aromatic rings. The highest BCUT2D eigenvalue weighted by Crippen LogP contribution is 2.71. The van der Waals surface area contributed by atoms with Gasteiger partial charge < -0.3 is 30.6 Å². The van der Waals surface area contributed by atoms with Gasteiger partial charge in [-0.25, -0.2) is 15.0 Å². The van der Waals surface area contributed by atoms with Crippen LogP contribution >= 0.6 is 69.3 Å². The maximum Gasteiger partial charge on any atom is 0.178 e. The minimum absolute atomic E-state index is 0.0130. The molecule has 3 aromatic carbocycles. The van der Waals surface area contributed by atoms with E-state index in [1.807, 2.05) is 93.6 Å². The highest BCUT2D eigenvalue weighted by atomic mass is 32.2. The number of carbonyl (C=O) groups is 9. The maximum absolute atomic E-state index is 13.8. The van der Waals surface area contributed by atoms with Crippen molar-refractivity contribution in [3.05, 3.63) is 143 Å². The van der Waals surface area contributed by atoms with Crippen LogP contribution in [0.2, 0.25) is 0 Å². The van der Waals surface area contributed by atoms with E-state index in [2.05, 4.69) is 39.6 Å². The summed E-state index contributed by atoms with van der Waals surface area (Å²) in [7, 11) is 0. The first-order valence-electron chi connectivity index (χ1n) is 46.1. The molecule has 126 heavy (non-hydrogen) atoms. The summed E-state index contributed by atoms with van der Waals surface area (Å²) >= 11 is 8.64. The summed E-state index contributed by atoms with van der Waals surface area (Å²) in [5.74, 6) is 1.37. The monoisotopic (exact) mass is 1820 g/mol. The fourth-order valence-electron chi connectivity index (χ4n) is 26.7. The third kappa shape index (κ3) is 16.9. The third-order valence-corrected chi connectivity index (χ3v) is 39.7. The van der Waals surface area contributed by atoms with Crippen molar-refractivity contribution in [2.24, 2.45) is 85.8 Å². The molecule has 0 spiro atoms. The smallest absolute Gasteiger partial charge is 0.178 e. The molecule has 15 unspecified atom stereocenters. The zero-order valence-corrected chi connectivity index (χ0v) is 79.1. The lowest BCUT2D eigenvalue weighted by atomic mass is 9.46. The first-order valence-corrected chi connectivity index (χ1v) is 51.6. The van der Waals surface area contributed by atoms with Crippen LogP contribution in [-0.4, -0.2) is 150 Å². The van der Waals surface area contributed by atoms with Crippen LogP contribution in [0.5, 0.6) is 0 Å². The number of Topliss-reactive ketones (excluding diaryl/α,β-unsaturated/α-hetero) is 6. The summed E-state index contributed by atoms with van der Waals surface area (Å²) in [5, 5.41) is 71.0. The number of thiazole rings is 3. The summed E-state index contributed by atoms with van der Waals surface area (Å²) in [6.07, 6.45) is 33.7. The lowest BCUT2D eigenvalue weighted by Gasteiger charge is -2.59. The van der Waals surface area contributed by atoms with Crippen LogP contribution in [0, 0.1) is 85.8 Å². The number of carbonyl (C=O) groups excluding carboxylic acids is 9. The largest absolute Gasteiger partial charge is 0.393 e. The van der Waals surface area contributed by atoms with Gasteiger partial charge in [0.25, 0.3) is 0 Å². The van der Waals surface area contributed by atoms with Gasteiger partial charge in [-0.2, -0.15) is 0 Å². The highest BCUT2D eigenvalue weighted by Gasteiger charge is 2.72. The minimum atomic E-state index is -1.49. The summed E-state index contributed by atoms with van der Waals surface area (Å²) in [5.41, 5.74) is 1.11. The molecule has 24 heteroatoms. The van der Waals surface area contributed by atoms with E-state index in [1.165, 1.54) is 75.7 Å². The Labute approximate surface area is 764 Å². The quantitative estimate of drug-likeness (QED) is 0.0206. The topological polar surface area (TPSA) is 314 Å². The van der Waals surface area contributed by atoms with Gasteiger partial charge in [-0.05, 0) is 241 Å². The Morgan fingerprint density at radius 1 is 0.421 bits per heavy atom. The third-order valence-electron chi connectivity index (χ3n) is 33.2. The standard InChI is InChI=1S/C36H45NO5S2.C35H43NO5S2.C31H35NO5S2/c1-4-5-6-7-8-24(38)17-22-9-12-28-30(18-22)44-33(37-28)43-21-31(41)36(42)16-14-27-26-11-10-23-19-25(39)13-15-34(23,2)32(26)29(40)20-35(27,36)3;1-4-5-6-7-23(37)16-21-8-11-27-29(17-21)43-32(36-27)42-20-30(40)35(41)15-13-26-25-10-9-22-18-24(38)12-14-33(22,2)31(25)28(39)19-34(26,35)3;1-17(33)12-18-4-7-23-25(13-18)39-28(32-23)38-16-26(36)31(37)11-9-22-21-6-5-19-14-20(34)8-10-29(19,2)27(21)24(35)15-30(22,31)3/h9,12-13,15,18-19,26-27,29,32,40,42H,4-8,10-11,14,16-17,20-21H2,1-3H3;8,11-12,14,17-18,25-26,28,31,39,41H,4-7,9-10,13,15-16,19-20H2,1-3H3;4,7-8,10,13-14,21-22,24,27,35,37H,5-6,9,11-12,15-16H2,1-3H3/t26?,27?,29-,32?,34?,35?,36-;25?,26?,28-,31?,33?,34?,35-;21?,22?,24-,27?,29?,30?,31-/m000/s1. The van der Waals surface area contributed by atoms with Gasteiger partial charge in [0.15, 0.2) is 47.7 Å². The van der Waals surface area contributed by atoms with Crippen molar-refractivity contribution >= 4 is 152 Å². The number of aromatic nitrogens is 3. The number of allylic oxidation sites excluding steroid dienone is 12. The second-order valence-electron chi connectivity index (χ2n) is 40.4. The fraction of sp³-hybridized carbons (Fsp3) is 0.588. The van der Waals surface area contributed by atoms with Gasteiger partial charge in [0.05, 0.1) is 66.2 Å². The summed E-state index contributed by atoms with van der Waals surface area (Å²) in [6.45, 7) is 18.3. The van der Waals surface area contributed by atoms with Crippen LogP contribution in [0.4, 0.5) is 0 Å². The van der Waals surface area contributed by atoms with Gasteiger partial charge in [0, 0.05) is 82.3 Å². The van der Waals surface area contributed by atoms with E-state index in [0.29, 0.717) is 70.6 Å². The first-order chi connectivity index (χ1) is 59.9. The lowest BCUT2D eigenvalue weighted by molar-refractivity contribution is -0.175. The number of hydrogen-bond donors (Lipinski definition) is 6. The number of unbranched alkanes of at least 4 members (excludes halogenated alkanes) is 5. The molecule has 12 aliphatic carbocycles. The predicted octanol–water partition coefficient (Wildman–Crippen LogP) is 18.8. The molecule has 0 amide bonds. The number of aliphatic hydroxyl groups excluding tert-OH is 3. The molecular formula is C102H123N3O15S6. The Kier molecular flexibility index (Phi) is 26.8. The van der Waals surface area contributed by atoms with E-state index >= 15 is 0 Å². The molecule has 18 nitrogen and oxygen atoms in total. The molecular weight excluding hydrogens is 1700 g/mol. The normalized spacial score (nSPS) is 35.5. The molecule has 3 aromatic heterocycles. The Morgan fingerprint density at radius 3 is 1.03 bits per heavy atom. The van der Waals surface area contributed by atoms with E-state index < -0.39 is 51.4 Å². The number of thioether (sulfide) groups is 3. The summed E-state index contributed by atoms with van der Waals surface area (Å²) in [4.78, 5) is 128. The van der Waals surface area contributed by atoms with Crippen molar-refractivity contribution in [3.8, 4) is 0 Å². The van der Waals surface area contributed by atoms with Crippen molar-refractivity contribution in [1.29, 1.82) is 0 Å². The lowest BCUT2D eigenvalue weighted by Crippen LogP contribution is -2.61. The van der Waals surface area contributed by atoms with Gasteiger partial charge in [-0.1, -0.05) is 176 Å². The molecule has 0 aliphatic heterocycles. The number of ketones is 9. The zero-order valence-electron chi connectivity index (χ0n) is 74.2. The molecule has 3 heterocycles. The zero-order chi connectivity index (χ0) is 89.6. The Hall–Kier alpha value is -6.39. The Balaban J connectivity index is 0.000000139. The van der Waals surface area contributed by atoms with Gasteiger partial charge in [-0.3, -0.25) is 43.2 Å². The molecule has 0 radical (unpaired) electrons. The Morgan fingerprint density at radius 2 is 0.722 bits per heavy atom. The van der Waals surface area contributed by atoms with E-state index in [4.69, 9.17) is 9.97 Å². The number of fused-ring (bicyclic) bond motifs is 18.